The maximum Gasteiger partial charge on any atom is 0.237 e. The second-order valence-electron chi connectivity index (χ2n) is 8.02. The number of fused-ring (bicyclic) bond motifs is 1. The molecular formula is C18H32N2O2. The predicted molar refractivity (Wildman–Crippen MR) is 87.6 cm³/mol. The first-order chi connectivity index (χ1) is 10.5. The fourth-order valence-electron chi connectivity index (χ4n) is 5.38. The number of hydrogen-bond acceptors (Lipinski definition) is 3. The van der Waals surface area contributed by atoms with Gasteiger partial charge in [0.25, 0.3) is 0 Å². The van der Waals surface area contributed by atoms with E-state index in [2.05, 4.69) is 37.9 Å². The van der Waals surface area contributed by atoms with Crippen molar-refractivity contribution in [1.82, 2.24) is 10.2 Å². The number of nitrogens with one attached hydrogen (secondary N) is 1. The smallest absolute Gasteiger partial charge is 0.237 e. The Morgan fingerprint density at radius 2 is 2.14 bits per heavy atom. The number of amides is 1. The summed E-state index contributed by atoms with van der Waals surface area (Å²) in [6, 6.07) is 0. The van der Waals surface area contributed by atoms with E-state index in [0.717, 1.165) is 32.5 Å². The molecule has 1 heterocycles. The molecule has 4 unspecified atom stereocenters. The molecule has 4 atom stereocenters. The van der Waals surface area contributed by atoms with Crippen LogP contribution in [0.5, 0.6) is 0 Å². The zero-order valence-corrected chi connectivity index (χ0v) is 14.7. The van der Waals surface area contributed by atoms with Gasteiger partial charge in [0, 0.05) is 19.7 Å². The van der Waals surface area contributed by atoms with Crippen LogP contribution in [0.25, 0.3) is 0 Å². The number of carbonyl (C=O) groups excluding carboxylic acids is 1. The SMILES string of the molecule is CCCCOC1C(C)CCC2C(C)(C)C12N1CCNCC1=O. The molecule has 0 radical (unpaired) electrons. The van der Waals surface area contributed by atoms with Gasteiger partial charge in [-0.2, -0.15) is 0 Å². The molecule has 2 saturated carbocycles. The van der Waals surface area contributed by atoms with Crippen LogP contribution in [0, 0.1) is 17.3 Å². The minimum Gasteiger partial charge on any atom is -0.375 e. The minimum absolute atomic E-state index is 0.0579. The molecule has 2 aliphatic carbocycles. The van der Waals surface area contributed by atoms with Crippen molar-refractivity contribution in [2.45, 2.75) is 65.0 Å². The van der Waals surface area contributed by atoms with Gasteiger partial charge in [-0.25, -0.2) is 0 Å². The molecule has 0 aromatic carbocycles. The molecular weight excluding hydrogens is 276 g/mol. The normalized spacial score (nSPS) is 40.5. The first kappa shape index (κ1) is 16.3. The molecule has 1 N–H and O–H groups in total. The van der Waals surface area contributed by atoms with E-state index in [-0.39, 0.29) is 23.0 Å². The van der Waals surface area contributed by atoms with Crippen molar-refractivity contribution < 1.29 is 9.53 Å². The van der Waals surface area contributed by atoms with Gasteiger partial charge >= 0.3 is 0 Å². The quantitative estimate of drug-likeness (QED) is 0.793. The van der Waals surface area contributed by atoms with Crippen LogP contribution in [-0.2, 0) is 9.53 Å². The molecule has 126 valence electrons. The van der Waals surface area contributed by atoms with Gasteiger partial charge in [-0.3, -0.25) is 4.79 Å². The van der Waals surface area contributed by atoms with Gasteiger partial charge in [0.1, 0.15) is 0 Å². The molecule has 1 amide bonds. The lowest BCUT2D eigenvalue weighted by atomic mass is 9.81. The largest absolute Gasteiger partial charge is 0.375 e. The molecule has 1 saturated heterocycles. The molecule has 3 rings (SSSR count). The first-order valence-corrected chi connectivity index (χ1v) is 9.10. The Hall–Kier alpha value is -0.610. The van der Waals surface area contributed by atoms with E-state index >= 15 is 0 Å². The van der Waals surface area contributed by atoms with E-state index in [1.807, 2.05) is 0 Å². The van der Waals surface area contributed by atoms with Crippen LogP contribution in [0.4, 0.5) is 0 Å². The Labute approximate surface area is 135 Å². The Morgan fingerprint density at radius 3 is 2.82 bits per heavy atom. The van der Waals surface area contributed by atoms with Crippen LogP contribution in [0.15, 0.2) is 0 Å². The van der Waals surface area contributed by atoms with E-state index in [1.54, 1.807) is 0 Å². The van der Waals surface area contributed by atoms with Gasteiger partial charge in [-0.1, -0.05) is 34.1 Å². The number of piperazine rings is 1. The Morgan fingerprint density at radius 1 is 1.36 bits per heavy atom. The summed E-state index contributed by atoms with van der Waals surface area (Å²) in [7, 11) is 0. The van der Waals surface area contributed by atoms with Crippen LogP contribution in [0.3, 0.4) is 0 Å². The standard InChI is InChI=1S/C18H32N2O2/c1-5-6-11-22-16-13(2)7-8-14-17(3,4)18(14,16)20-10-9-19-12-15(20)21/h13-14,16,19H,5-12H2,1-4H3. The predicted octanol–water partition coefficient (Wildman–Crippen LogP) is 2.43. The third-order valence-electron chi connectivity index (χ3n) is 6.54. The number of hydrogen-bond donors (Lipinski definition) is 1. The van der Waals surface area contributed by atoms with Crippen molar-refractivity contribution in [3.8, 4) is 0 Å². The van der Waals surface area contributed by atoms with Crippen LogP contribution in [0.2, 0.25) is 0 Å². The van der Waals surface area contributed by atoms with Crippen LogP contribution < -0.4 is 5.32 Å². The highest BCUT2D eigenvalue weighted by Gasteiger charge is 2.79. The summed E-state index contributed by atoms with van der Waals surface area (Å²) in [6.07, 6.45) is 4.94. The lowest BCUT2D eigenvalue weighted by molar-refractivity contribution is -0.148. The molecule has 4 nitrogen and oxygen atoms in total. The Balaban J connectivity index is 1.89. The summed E-state index contributed by atoms with van der Waals surface area (Å²) in [5, 5.41) is 3.21. The lowest BCUT2D eigenvalue weighted by Gasteiger charge is -2.46. The van der Waals surface area contributed by atoms with Crippen LogP contribution in [0.1, 0.15) is 53.4 Å². The van der Waals surface area contributed by atoms with Crippen molar-refractivity contribution in [3.63, 3.8) is 0 Å². The summed E-state index contributed by atoms with van der Waals surface area (Å²) in [6.45, 7) is 12.3. The van der Waals surface area contributed by atoms with Crippen molar-refractivity contribution >= 4 is 5.91 Å². The molecule has 0 aromatic rings. The fraction of sp³-hybridized carbons (Fsp3) is 0.944. The second kappa shape index (κ2) is 5.79. The monoisotopic (exact) mass is 308 g/mol. The van der Waals surface area contributed by atoms with E-state index < -0.39 is 0 Å². The number of ether oxygens (including phenoxy) is 1. The lowest BCUT2D eigenvalue weighted by Crippen LogP contribution is -2.62. The average molecular weight is 308 g/mol. The van der Waals surface area contributed by atoms with Crippen molar-refractivity contribution in [2.24, 2.45) is 17.3 Å². The summed E-state index contributed by atoms with van der Waals surface area (Å²) in [4.78, 5) is 14.8. The highest BCUT2D eigenvalue weighted by molar-refractivity contribution is 5.81. The fourth-order valence-corrected chi connectivity index (χ4v) is 5.38. The van der Waals surface area contributed by atoms with Gasteiger partial charge in [-0.05, 0) is 36.5 Å². The molecule has 1 aliphatic heterocycles. The molecule has 4 heteroatoms. The Kier molecular flexibility index (Phi) is 4.28. The average Bonchev–Trinajstić information content (AvgIpc) is 2.99. The van der Waals surface area contributed by atoms with E-state index in [1.165, 1.54) is 12.8 Å². The third kappa shape index (κ3) is 2.14. The van der Waals surface area contributed by atoms with Crippen molar-refractivity contribution in [1.29, 1.82) is 0 Å². The molecule has 0 aromatic heterocycles. The third-order valence-corrected chi connectivity index (χ3v) is 6.54. The Bertz CT molecular complexity index is 437. The zero-order chi connectivity index (χ0) is 16.0. The maximum absolute atomic E-state index is 12.6. The van der Waals surface area contributed by atoms with E-state index in [4.69, 9.17) is 4.74 Å². The number of nitrogens with zero attached hydrogens (tertiary/aromatic N) is 1. The molecule has 22 heavy (non-hydrogen) atoms. The molecule has 3 aliphatic rings. The molecule has 0 bridgehead atoms. The van der Waals surface area contributed by atoms with Crippen LogP contribution in [-0.4, -0.2) is 48.7 Å². The van der Waals surface area contributed by atoms with Gasteiger partial charge in [0.2, 0.25) is 5.91 Å². The molecule has 3 fully saturated rings. The van der Waals surface area contributed by atoms with Gasteiger partial charge in [0.05, 0.1) is 18.2 Å². The summed E-state index contributed by atoms with van der Waals surface area (Å²) in [5.74, 6) is 1.41. The maximum atomic E-state index is 12.6. The first-order valence-electron chi connectivity index (χ1n) is 9.10. The van der Waals surface area contributed by atoms with Gasteiger partial charge in [-0.15, -0.1) is 0 Å². The summed E-state index contributed by atoms with van der Waals surface area (Å²) >= 11 is 0. The highest BCUT2D eigenvalue weighted by atomic mass is 16.5. The number of carbonyl (C=O) groups is 1. The van der Waals surface area contributed by atoms with Gasteiger partial charge in [0.15, 0.2) is 0 Å². The topological polar surface area (TPSA) is 41.6 Å². The van der Waals surface area contributed by atoms with Crippen molar-refractivity contribution in [3.05, 3.63) is 0 Å². The van der Waals surface area contributed by atoms with Crippen molar-refractivity contribution in [2.75, 3.05) is 26.2 Å². The number of rotatable bonds is 5. The zero-order valence-electron chi connectivity index (χ0n) is 14.7. The second-order valence-corrected chi connectivity index (χ2v) is 8.02. The van der Waals surface area contributed by atoms with E-state index in [0.29, 0.717) is 18.4 Å². The van der Waals surface area contributed by atoms with Crippen LogP contribution >= 0.6 is 0 Å². The highest BCUT2D eigenvalue weighted by Crippen LogP contribution is 2.72. The van der Waals surface area contributed by atoms with Gasteiger partial charge < -0.3 is 15.0 Å². The summed E-state index contributed by atoms with van der Waals surface area (Å²) < 4.78 is 6.42. The number of unbranched alkanes of at least 4 members (excludes halogenated alkanes) is 1. The van der Waals surface area contributed by atoms with E-state index in [9.17, 15) is 4.79 Å². The summed E-state index contributed by atoms with van der Waals surface area (Å²) in [5.41, 5.74) is 0.124. The minimum atomic E-state index is -0.0579. The molecule has 0 spiro atoms.